The van der Waals surface area contributed by atoms with Gasteiger partial charge in [0.25, 0.3) is 0 Å². The highest BCUT2D eigenvalue weighted by Crippen LogP contribution is 2.36. The third kappa shape index (κ3) is 7.67. The number of carbonyl (C=O) groups is 2. The lowest BCUT2D eigenvalue weighted by Gasteiger charge is -2.49. The molecule has 2 aromatic heterocycles. The van der Waals surface area contributed by atoms with E-state index in [9.17, 15) is 14.7 Å². The second-order valence-electron chi connectivity index (χ2n) is 12.2. The summed E-state index contributed by atoms with van der Waals surface area (Å²) < 4.78 is 17.1. The number of aromatic nitrogens is 3. The van der Waals surface area contributed by atoms with Crippen molar-refractivity contribution in [1.29, 1.82) is 0 Å². The van der Waals surface area contributed by atoms with E-state index in [1.54, 1.807) is 19.5 Å². The van der Waals surface area contributed by atoms with Crippen LogP contribution in [0.3, 0.4) is 0 Å². The Morgan fingerprint density at radius 3 is 2.67 bits per heavy atom. The number of nitrogens with zero attached hydrogens (tertiary/aromatic N) is 5. The van der Waals surface area contributed by atoms with Crippen molar-refractivity contribution in [1.82, 2.24) is 24.8 Å². The molecule has 242 valence electrons. The SMILES string of the molecule is COCCOCC(=O)N1CCN(C2CC(C(=O)Nc3nc4ccc(-c5cnc(CO[C@H]6CCC[C@@H]6O)nc5)cc4s3)C2)[C@@H](C)C1. The molecule has 2 N–H and O–H groups in total. The summed E-state index contributed by atoms with van der Waals surface area (Å²) in [6.07, 6.45) is 7.28. The molecule has 3 heterocycles. The molecular formula is C32H42N6O6S. The van der Waals surface area contributed by atoms with Crippen LogP contribution in [-0.4, -0.2) is 113 Å². The lowest BCUT2D eigenvalue weighted by atomic mass is 9.78. The quantitative estimate of drug-likeness (QED) is 0.285. The number of amides is 2. The number of hydrogen-bond donors (Lipinski definition) is 2. The Morgan fingerprint density at radius 1 is 1.11 bits per heavy atom. The Bertz CT molecular complexity index is 1460. The van der Waals surface area contributed by atoms with Gasteiger partial charge >= 0.3 is 0 Å². The predicted octanol–water partition coefficient (Wildman–Crippen LogP) is 3.10. The van der Waals surface area contributed by atoms with E-state index in [1.165, 1.54) is 11.3 Å². The maximum absolute atomic E-state index is 13.1. The lowest BCUT2D eigenvalue weighted by Crippen LogP contribution is -2.60. The van der Waals surface area contributed by atoms with Gasteiger partial charge in [-0.1, -0.05) is 17.4 Å². The highest BCUT2D eigenvalue weighted by Gasteiger charge is 2.41. The summed E-state index contributed by atoms with van der Waals surface area (Å²) in [5.41, 5.74) is 2.69. The standard InChI is InChI=1S/C32H42N6O6S/c1-20-17-37(30(40)19-43-11-10-42-2)8-9-38(20)24-12-22(13-24)31(41)36-32-35-25-7-6-21(14-28(25)45-32)23-15-33-29(34-16-23)18-44-27-5-3-4-26(27)39/h6-7,14-16,20,22,24,26-27,39H,3-5,8-13,17-19H2,1-2H3,(H,35,36,41)/t20-,22?,24?,26-,27-/m0/s1. The minimum absolute atomic E-state index is 0.0107. The topological polar surface area (TPSA) is 139 Å². The molecular weight excluding hydrogens is 596 g/mol. The zero-order valence-electron chi connectivity index (χ0n) is 25.9. The van der Waals surface area contributed by atoms with E-state index in [4.69, 9.17) is 14.2 Å². The molecule has 0 bridgehead atoms. The molecule has 0 radical (unpaired) electrons. The molecule has 3 fully saturated rings. The molecule has 3 aromatic rings. The minimum Gasteiger partial charge on any atom is -0.390 e. The number of aliphatic hydroxyl groups is 1. The summed E-state index contributed by atoms with van der Waals surface area (Å²) in [5, 5.41) is 13.6. The Kier molecular flexibility index (Phi) is 10.3. The first-order valence-corrected chi connectivity index (χ1v) is 16.6. The highest BCUT2D eigenvalue weighted by atomic mass is 32.1. The molecule has 45 heavy (non-hydrogen) atoms. The summed E-state index contributed by atoms with van der Waals surface area (Å²) in [7, 11) is 1.61. The van der Waals surface area contributed by atoms with Gasteiger partial charge in [-0.25, -0.2) is 15.0 Å². The Balaban J connectivity index is 0.967. The van der Waals surface area contributed by atoms with E-state index >= 15 is 0 Å². The molecule has 0 spiro atoms. The van der Waals surface area contributed by atoms with E-state index < -0.39 is 6.10 Å². The number of fused-ring (bicyclic) bond motifs is 1. The van der Waals surface area contributed by atoms with Crippen molar-refractivity contribution in [3.63, 3.8) is 0 Å². The van der Waals surface area contributed by atoms with Crippen molar-refractivity contribution < 1.29 is 28.9 Å². The average molecular weight is 639 g/mol. The zero-order chi connectivity index (χ0) is 31.3. The largest absolute Gasteiger partial charge is 0.390 e. The number of rotatable bonds is 12. The van der Waals surface area contributed by atoms with Gasteiger partial charge in [0.2, 0.25) is 11.8 Å². The van der Waals surface area contributed by atoms with Crippen LogP contribution in [0.1, 0.15) is 44.9 Å². The van der Waals surface area contributed by atoms with Crippen LogP contribution < -0.4 is 5.32 Å². The summed E-state index contributed by atoms with van der Waals surface area (Å²) >= 11 is 1.46. The van der Waals surface area contributed by atoms with Crippen molar-refractivity contribution in [2.45, 2.75) is 69.9 Å². The average Bonchev–Trinajstić information content (AvgIpc) is 3.62. The molecule has 12 nitrogen and oxygen atoms in total. The monoisotopic (exact) mass is 638 g/mol. The van der Waals surface area contributed by atoms with Gasteiger partial charge < -0.3 is 29.5 Å². The van der Waals surface area contributed by atoms with Crippen molar-refractivity contribution in [3.05, 3.63) is 36.4 Å². The molecule has 3 aliphatic rings. The third-order valence-electron chi connectivity index (χ3n) is 9.14. The Labute approximate surface area is 267 Å². The highest BCUT2D eigenvalue weighted by molar-refractivity contribution is 7.22. The van der Waals surface area contributed by atoms with Gasteiger partial charge in [0.05, 0.1) is 35.6 Å². The van der Waals surface area contributed by atoms with Crippen LogP contribution in [0.15, 0.2) is 30.6 Å². The maximum Gasteiger partial charge on any atom is 0.248 e. The molecule has 1 aliphatic heterocycles. The van der Waals surface area contributed by atoms with Crippen molar-refractivity contribution in [2.24, 2.45) is 5.92 Å². The molecule has 2 aliphatic carbocycles. The maximum atomic E-state index is 13.1. The number of carbonyl (C=O) groups excluding carboxylic acids is 2. The van der Waals surface area contributed by atoms with Crippen LogP contribution in [0.5, 0.6) is 0 Å². The smallest absolute Gasteiger partial charge is 0.248 e. The number of anilines is 1. The van der Waals surface area contributed by atoms with Crippen LogP contribution in [0.25, 0.3) is 21.3 Å². The molecule has 1 aromatic carbocycles. The van der Waals surface area contributed by atoms with Crippen LogP contribution in [0.4, 0.5) is 5.13 Å². The van der Waals surface area contributed by atoms with Gasteiger partial charge in [-0.2, -0.15) is 0 Å². The first-order chi connectivity index (χ1) is 21.9. The molecule has 2 saturated carbocycles. The second kappa shape index (κ2) is 14.6. The van der Waals surface area contributed by atoms with Crippen molar-refractivity contribution in [3.8, 4) is 11.1 Å². The van der Waals surface area contributed by atoms with Crippen LogP contribution in [0, 0.1) is 5.92 Å². The predicted molar refractivity (Wildman–Crippen MR) is 170 cm³/mol. The molecule has 1 saturated heterocycles. The van der Waals surface area contributed by atoms with Crippen LogP contribution in [-0.2, 0) is 30.4 Å². The number of thiazole rings is 1. The normalized spacial score (nSPS) is 25.4. The summed E-state index contributed by atoms with van der Waals surface area (Å²) in [6, 6.07) is 6.56. The fourth-order valence-electron chi connectivity index (χ4n) is 6.43. The minimum atomic E-state index is -0.400. The first kappa shape index (κ1) is 31.9. The fraction of sp³-hybridized carbons (Fsp3) is 0.594. The van der Waals surface area contributed by atoms with Gasteiger partial charge in [0.15, 0.2) is 11.0 Å². The van der Waals surface area contributed by atoms with E-state index in [-0.39, 0.29) is 43.1 Å². The molecule has 13 heteroatoms. The van der Waals surface area contributed by atoms with Gasteiger partial charge in [-0.3, -0.25) is 14.5 Å². The number of methoxy groups -OCH3 is 1. The van der Waals surface area contributed by atoms with Crippen LogP contribution >= 0.6 is 11.3 Å². The Morgan fingerprint density at radius 2 is 1.93 bits per heavy atom. The number of nitrogens with one attached hydrogen (secondary N) is 1. The number of benzene rings is 1. The molecule has 3 atom stereocenters. The Hall–Kier alpha value is -3.07. The van der Waals surface area contributed by atoms with E-state index in [0.717, 1.165) is 60.0 Å². The summed E-state index contributed by atoms with van der Waals surface area (Å²) in [5.74, 6) is 0.567. The van der Waals surface area contributed by atoms with Crippen molar-refractivity contribution >= 4 is 38.5 Å². The number of hydrogen-bond acceptors (Lipinski definition) is 11. The second-order valence-corrected chi connectivity index (χ2v) is 13.3. The first-order valence-electron chi connectivity index (χ1n) is 15.8. The third-order valence-corrected chi connectivity index (χ3v) is 10.1. The molecule has 0 unspecified atom stereocenters. The van der Waals surface area contributed by atoms with Gasteiger partial charge in [-0.15, -0.1) is 0 Å². The number of aliphatic hydroxyl groups excluding tert-OH is 1. The summed E-state index contributed by atoms with van der Waals surface area (Å²) in [4.78, 5) is 43.4. The van der Waals surface area contributed by atoms with Gasteiger partial charge in [0, 0.05) is 62.7 Å². The van der Waals surface area contributed by atoms with E-state index in [2.05, 4.69) is 32.1 Å². The van der Waals surface area contributed by atoms with Crippen LogP contribution in [0.2, 0.25) is 0 Å². The van der Waals surface area contributed by atoms with E-state index in [0.29, 0.717) is 43.3 Å². The summed E-state index contributed by atoms with van der Waals surface area (Å²) in [6.45, 7) is 5.54. The molecule has 6 rings (SSSR count). The lowest BCUT2D eigenvalue weighted by molar-refractivity contribution is -0.141. The van der Waals surface area contributed by atoms with E-state index in [1.807, 2.05) is 23.1 Å². The number of piperazine rings is 1. The molecule has 2 amide bonds. The van der Waals surface area contributed by atoms with Crippen molar-refractivity contribution in [2.75, 3.05) is 51.9 Å². The van der Waals surface area contributed by atoms with Gasteiger partial charge in [-0.05, 0) is 56.7 Å². The number of ether oxygens (including phenoxy) is 3. The van der Waals surface area contributed by atoms with Gasteiger partial charge in [0.1, 0.15) is 13.2 Å². The fourth-order valence-corrected chi connectivity index (χ4v) is 7.34. The zero-order valence-corrected chi connectivity index (χ0v) is 26.7.